The third-order valence-electron chi connectivity index (χ3n) is 3.16. The molecule has 1 amide bonds. The lowest BCUT2D eigenvalue weighted by molar-refractivity contribution is 0.0945. The van der Waals surface area contributed by atoms with E-state index >= 15 is 0 Å². The van der Waals surface area contributed by atoms with E-state index in [1.165, 1.54) is 12.3 Å². The van der Waals surface area contributed by atoms with Crippen molar-refractivity contribution in [1.82, 2.24) is 20.3 Å². The summed E-state index contributed by atoms with van der Waals surface area (Å²) in [5.74, 6) is -0.0518. The van der Waals surface area contributed by atoms with Crippen LogP contribution in [0, 0.1) is 0 Å². The van der Waals surface area contributed by atoms with Crippen LogP contribution in [-0.2, 0) is 6.54 Å². The lowest BCUT2D eigenvalue weighted by atomic mass is 10.3. The first kappa shape index (κ1) is 17.1. The Hall–Kier alpha value is -2.70. The van der Waals surface area contributed by atoms with E-state index in [2.05, 4.69) is 25.6 Å². The molecule has 0 atom stereocenters. The molecule has 3 rings (SSSR count). The number of anilines is 2. The average Bonchev–Trinajstić information content (AvgIpc) is 2.60. The number of pyridine rings is 1. The summed E-state index contributed by atoms with van der Waals surface area (Å²) in [5.41, 5.74) is 1.63. The maximum absolute atomic E-state index is 12.2. The van der Waals surface area contributed by atoms with Gasteiger partial charge in [-0.25, -0.2) is 9.97 Å². The summed E-state index contributed by atoms with van der Waals surface area (Å²) >= 11 is 11.9. The molecule has 3 aromatic rings. The van der Waals surface area contributed by atoms with Crippen molar-refractivity contribution >= 4 is 40.7 Å². The van der Waals surface area contributed by atoms with Gasteiger partial charge in [0.25, 0.3) is 5.91 Å². The molecule has 25 heavy (non-hydrogen) atoms. The lowest BCUT2D eigenvalue weighted by Gasteiger charge is -2.08. The molecule has 2 N–H and O–H groups in total. The monoisotopic (exact) mass is 373 g/mol. The van der Waals surface area contributed by atoms with Crippen LogP contribution in [0.1, 0.15) is 16.2 Å². The molecule has 2 aromatic heterocycles. The van der Waals surface area contributed by atoms with Crippen molar-refractivity contribution in [1.29, 1.82) is 0 Å². The summed E-state index contributed by atoms with van der Waals surface area (Å²) in [7, 11) is 0. The van der Waals surface area contributed by atoms with Gasteiger partial charge < -0.3 is 10.6 Å². The molecule has 0 unspecified atom stereocenters. The first-order valence-corrected chi connectivity index (χ1v) is 8.10. The zero-order valence-corrected chi connectivity index (χ0v) is 14.4. The highest BCUT2D eigenvalue weighted by atomic mass is 35.5. The SMILES string of the molecule is O=C(NCc1ccccn1)c1ccnc(Nc2cc(Cl)cc(Cl)c2)n1. The molecule has 0 bridgehead atoms. The maximum atomic E-state index is 12.2. The fourth-order valence-corrected chi connectivity index (χ4v) is 2.59. The van der Waals surface area contributed by atoms with E-state index in [-0.39, 0.29) is 17.5 Å². The third kappa shape index (κ3) is 4.89. The first-order chi connectivity index (χ1) is 12.1. The van der Waals surface area contributed by atoms with Crippen molar-refractivity contribution in [3.8, 4) is 0 Å². The Morgan fingerprint density at radius 2 is 1.80 bits per heavy atom. The second-order valence-electron chi connectivity index (χ2n) is 5.05. The summed E-state index contributed by atoms with van der Waals surface area (Å²) in [4.78, 5) is 24.7. The molecule has 126 valence electrons. The number of hydrogen-bond donors (Lipinski definition) is 2. The predicted molar refractivity (Wildman–Crippen MR) is 97.2 cm³/mol. The molecule has 0 aliphatic carbocycles. The van der Waals surface area contributed by atoms with Gasteiger partial charge in [-0.05, 0) is 36.4 Å². The van der Waals surface area contributed by atoms with Gasteiger partial charge in [-0.2, -0.15) is 0 Å². The van der Waals surface area contributed by atoms with Crippen molar-refractivity contribution in [2.45, 2.75) is 6.54 Å². The van der Waals surface area contributed by atoms with Gasteiger partial charge in [0.15, 0.2) is 0 Å². The van der Waals surface area contributed by atoms with Gasteiger partial charge in [0, 0.05) is 28.1 Å². The summed E-state index contributed by atoms with van der Waals surface area (Å²) in [6.45, 7) is 0.316. The molecule has 0 spiro atoms. The Morgan fingerprint density at radius 1 is 1.00 bits per heavy atom. The number of halogens is 2. The molecule has 0 fully saturated rings. The van der Waals surface area contributed by atoms with Crippen LogP contribution >= 0.6 is 23.2 Å². The lowest BCUT2D eigenvalue weighted by Crippen LogP contribution is -2.24. The average molecular weight is 374 g/mol. The number of nitrogens with one attached hydrogen (secondary N) is 2. The molecule has 1 aromatic carbocycles. The highest BCUT2D eigenvalue weighted by Crippen LogP contribution is 2.24. The summed E-state index contributed by atoms with van der Waals surface area (Å²) in [6, 6.07) is 12.0. The van der Waals surface area contributed by atoms with E-state index in [1.807, 2.05) is 18.2 Å². The van der Waals surface area contributed by atoms with Crippen LogP contribution in [0.4, 0.5) is 11.6 Å². The van der Waals surface area contributed by atoms with Crippen molar-refractivity contribution in [3.63, 3.8) is 0 Å². The van der Waals surface area contributed by atoms with Gasteiger partial charge in [-0.15, -0.1) is 0 Å². The second-order valence-corrected chi connectivity index (χ2v) is 5.93. The van der Waals surface area contributed by atoms with E-state index in [4.69, 9.17) is 23.2 Å². The smallest absolute Gasteiger partial charge is 0.270 e. The highest BCUT2D eigenvalue weighted by molar-refractivity contribution is 6.35. The topological polar surface area (TPSA) is 79.8 Å². The number of carbonyl (C=O) groups excluding carboxylic acids is 1. The number of benzene rings is 1. The van der Waals surface area contributed by atoms with E-state index in [1.54, 1.807) is 24.4 Å². The number of hydrogen-bond acceptors (Lipinski definition) is 5. The van der Waals surface area contributed by atoms with Gasteiger partial charge in [0.1, 0.15) is 5.69 Å². The fraction of sp³-hybridized carbons (Fsp3) is 0.0588. The van der Waals surface area contributed by atoms with Crippen molar-refractivity contribution < 1.29 is 4.79 Å². The summed E-state index contributed by atoms with van der Waals surface area (Å²) in [6.07, 6.45) is 3.17. The number of rotatable bonds is 5. The zero-order valence-electron chi connectivity index (χ0n) is 12.9. The predicted octanol–water partition coefficient (Wildman–Crippen LogP) is 3.85. The van der Waals surface area contributed by atoms with Crippen molar-refractivity contribution in [3.05, 3.63) is 76.3 Å². The van der Waals surface area contributed by atoms with Crippen LogP contribution in [-0.4, -0.2) is 20.9 Å². The Labute approximate surface area is 154 Å². The fourth-order valence-electron chi connectivity index (χ4n) is 2.06. The minimum absolute atomic E-state index is 0.238. The van der Waals surface area contributed by atoms with E-state index < -0.39 is 0 Å². The van der Waals surface area contributed by atoms with E-state index in [0.29, 0.717) is 22.3 Å². The molecular weight excluding hydrogens is 361 g/mol. The van der Waals surface area contributed by atoms with Crippen LogP contribution < -0.4 is 10.6 Å². The molecule has 0 radical (unpaired) electrons. The Morgan fingerprint density at radius 3 is 2.52 bits per heavy atom. The standard InChI is InChI=1S/C17H13Cl2N5O/c18-11-7-12(19)9-14(8-11)23-17-21-6-4-15(24-17)16(25)22-10-13-3-1-2-5-20-13/h1-9H,10H2,(H,22,25)(H,21,23,24). The number of amides is 1. The minimum Gasteiger partial charge on any atom is -0.345 e. The molecule has 2 heterocycles. The summed E-state index contributed by atoms with van der Waals surface area (Å²) < 4.78 is 0. The number of nitrogens with zero attached hydrogens (tertiary/aromatic N) is 3. The maximum Gasteiger partial charge on any atom is 0.270 e. The normalized spacial score (nSPS) is 10.3. The zero-order chi connectivity index (χ0) is 17.6. The molecule has 6 nitrogen and oxygen atoms in total. The third-order valence-corrected chi connectivity index (χ3v) is 3.60. The van der Waals surface area contributed by atoms with Crippen molar-refractivity contribution in [2.75, 3.05) is 5.32 Å². The molecule has 0 aliphatic rings. The molecule has 0 saturated heterocycles. The van der Waals surface area contributed by atoms with Crippen molar-refractivity contribution in [2.24, 2.45) is 0 Å². The molecular formula is C17H13Cl2N5O. The quantitative estimate of drug-likeness (QED) is 0.709. The number of carbonyl (C=O) groups is 1. The van der Waals surface area contributed by atoms with Gasteiger partial charge in [-0.3, -0.25) is 9.78 Å². The molecule has 0 aliphatic heterocycles. The van der Waals surface area contributed by atoms with Gasteiger partial charge in [0.05, 0.1) is 12.2 Å². The van der Waals surface area contributed by atoms with Crippen LogP contribution in [0.25, 0.3) is 0 Å². The van der Waals surface area contributed by atoms with Crippen LogP contribution in [0.15, 0.2) is 54.9 Å². The van der Waals surface area contributed by atoms with E-state index in [0.717, 1.165) is 5.69 Å². The molecule has 0 saturated carbocycles. The van der Waals surface area contributed by atoms with Crippen LogP contribution in [0.3, 0.4) is 0 Å². The Balaban J connectivity index is 1.69. The van der Waals surface area contributed by atoms with Gasteiger partial charge >= 0.3 is 0 Å². The second kappa shape index (κ2) is 7.92. The summed E-state index contributed by atoms with van der Waals surface area (Å²) in [5, 5.41) is 6.70. The van der Waals surface area contributed by atoms with Crippen LogP contribution in [0.2, 0.25) is 10.0 Å². The minimum atomic E-state index is -0.319. The van der Waals surface area contributed by atoms with Gasteiger partial charge in [0.2, 0.25) is 5.95 Å². The number of aromatic nitrogens is 3. The largest absolute Gasteiger partial charge is 0.345 e. The van der Waals surface area contributed by atoms with Gasteiger partial charge in [-0.1, -0.05) is 29.3 Å². The highest BCUT2D eigenvalue weighted by Gasteiger charge is 2.09. The first-order valence-electron chi connectivity index (χ1n) is 7.34. The van der Waals surface area contributed by atoms with Crippen LogP contribution in [0.5, 0.6) is 0 Å². The Kier molecular flexibility index (Phi) is 5.42. The van der Waals surface area contributed by atoms with E-state index in [9.17, 15) is 4.79 Å². The Bertz CT molecular complexity index is 869. The molecule has 8 heteroatoms.